The Hall–Kier alpha value is -2.44. The summed E-state index contributed by atoms with van der Waals surface area (Å²) in [4.78, 5) is 13.4. The van der Waals surface area contributed by atoms with Crippen LogP contribution in [0.2, 0.25) is 0 Å². The third-order valence-electron chi connectivity index (χ3n) is 8.50. The van der Waals surface area contributed by atoms with Crippen LogP contribution in [0.15, 0.2) is 42.5 Å². The zero-order chi connectivity index (χ0) is 22.0. The van der Waals surface area contributed by atoms with Gasteiger partial charge in [0.2, 0.25) is 0 Å². The average Bonchev–Trinajstić information content (AvgIpc) is 3.04. The number of non-ortho nitro benzene ring substituents is 1. The minimum atomic E-state index is -0.501. The van der Waals surface area contributed by atoms with E-state index in [4.69, 9.17) is 0 Å². The highest BCUT2D eigenvalue weighted by Gasteiger charge is 2.55. The molecular weight excluding hydrogens is 390 g/mol. The van der Waals surface area contributed by atoms with Crippen molar-refractivity contribution in [2.75, 3.05) is 19.6 Å². The summed E-state index contributed by atoms with van der Waals surface area (Å²) in [6, 6.07) is 13.0. The van der Waals surface area contributed by atoms with E-state index in [1.54, 1.807) is 12.1 Å². The van der Waals surface area contributed by atoms with Crippen molar-refractivity contribution in [3.05, 3.63) is 52.6 Å². The van der Waals surface area contributed by atoms with E-state index in [1.165, 1.54) is 12.8 Å². The molecule has 31 heavy (non-hydrogen) atoms. The number of piperidine rings is 1. The topological polar surface area (TPSA) is 71.5 Å². The van der Waals surface area contributed by atoms with E-state index in [2.05, 4.69) is 30.2 Å². The van der Waals surface area contributed by atoms with Gasteiger partial charge in [0.05, 0.1) is 17.6 Å². The van der Waals surface area contributed by atoms with Gasteiger partial charge in [-0.25, -0.2) is 0 Å². The van der Waals surface area contributed by atoms with Crippen LogP contribution in [-0.4, -0.2) is 45.2 Å². The highest BCUT2D eigenvalue weighted by molar-refractivity contribution is 6.08. The normalized spacial score (nSPS) is 26.5. The number of aliphatic hydroxyl groups is 1. The van der Waals surface area contributed by atoms with E-state index in [9.17, 15) is 15.2 Å². The molecule has 5 rings (SSSR count). The first-order chi connectivity index (χ1) is 14.7. The van der Waals surface area contributed by atoms with Crippen molar-refractivity contribution in [2.45, 2.75) is 46.3 Å². The van der Waals surface area contributed by atoms with Gasteiger partial charge in [-0.05, 0) is 41.7 Å². The molecule has 1 N–H and O–H groups in total. The smallest absolute Gasteiger partial charge is 0.270 e. The Morgan fingerprint density at radius 1 is 1.13 bits per heavy atom. The first-order valence-electron chi connectivity index (χ1n) is 11.3. The lowest BCUT2D eigenvalue weighted by molar-refractivity contribution is -0.384. The summed E-state index contributed by atoms with van der Waals surface area (Å²) in [6.45, 7) is 10.5. The van der Waals surface area contributed by atoms with Gasteiger partial charge < -0.3 is 9.67 Å². The Labute approximate surface area is 182 Å². The molecule has 0 radical (unpaired) electrons. The molecule has 6 nitrogen and oxygen atoms in total. The number of likely N-dealkylation sites (tertiary alicyclic amines) is 1. The summed E-state index contributed by atoms with van der Waals surface area (Å²) in [5.74, 6) is 0.687. The van der Waals surface area contributed by atoms with Crippen molar-refractivity contribution < 1.29 is 10.0 Å². The minimum Gasteiger partial charge on any atom is -0.390 e. The molecule has 3 aromatic rings. The number of hydrogen-bond donors (Lipinski definition) is 1. The van der Waals surface area contributed by atoms with Crippen LogP contribution < -0.4 is 0 Å². The predicted octanol–water partition coefficient (Wildman–Crippen LogP) is 4.82. The summed E-state index contributed by atoms with van der Waals surface area (Å²) >= 11 is 0. The Bertz CT molecular complexity index is 1170. The maximum Gasteiger partial charge on any atom is 0.270 e. The fourth-order valence-electron chi connectivity index (χ4n) is 6.20. The second-order valence-electron chi connectivity index (χ2n) is 10.5. The molecule has 2 aliphatic rings. The molecular formula is C25H31N3O3. The van der Waals surface area contributed by atoms with E-state index in [-0.39, 0.29) is 10.6 Å². The van der Waals surface area contributed by atoms with Crippen molar-refractivity contribution in [1.29, 1.82) is 0 Å². The Morgan fingerprint density at radius 3 is 2.61 bits per heavy atom. The third-order valence-corrected chi connectivity index (χ3v) is 8.50. The van der Waals surface area contributed by atoms with Crippen molar-refractivity contribution in [3.8, 4) is 0 Å². The first-order valence-corrected chi connectivity index (χ1v) is 11.3. The van der Waals surface area contributed by atoms with Crippen LogP contribution >= 0.6 is 0 Å². The molecule has 3 atom stereocenters. The first kappa shape index (κ1) is 20.5. The molecule has 6 heteroatoms. The van der Waals surface area contributed by atoms with Crippen LogP contribution in [0.4, 0.5) is 5.69 Å². The number of nitrogens with zero attached hydrogens (tertiary/aromatic N) is 3. The molecule has 164 valence electrons. The number of hydrogen-bond acceptors (Lipinski definition) is 4. The Kier molecular flexibility index (Phi) is 4.65. The third kappa shape index (κ3) is 3.15. The van der Waals surface area contributed by atoms with Crippen LogP contribution in [0.3, 0.4) is 0 Å². The van der Waals surface area contributed by atoms with Crippen LogP contribution in [-0.2, 0) is 6.54 Å². The van der Waals surface area contributed by atoms with Gasteiger partial charge in [0.1, 0.15) is 0 Å². The van der Waals surface area contributed by atoms with E-state index < -0.39 is 6.10 Å². The van der Waals surface area contributed by atoms with Crippen LogP contribution in [0, 0.1) is 26.9 Å². The van der Waals surface area contributed by atoms with Gasteiger partial charge in [-0.15, -0.1) is 0 Å². The molecule has 2 aromatic carbocycles. The van der Waals surface area contributed by atoms with Crippen LogP contribution in [0.1, 0.15) is 33.6 Å². The molecule has 2 heterocycles. The number of nitro groups is 1. The fourth-order valence-corrected chi connectivity index (χ4v) is 6.20. The minimum absolute atomic E-state index is 0.0931. The van der Waals surface area contributed by atoms with E-state index >= 15 is 0 Å². The number of para-hydroxylation sites is 1. The van der Waals surface area contributed by atoms with Crippen molar-refractivity contribution >= 4 is 27.5 Å². The molecule has 1 saturated heterocycles. The number of benzene rings is 2. The summed E-state index contributed by atoms with van der Waals surface area (Å²) in [6.07, 6.45) is 2.04. The van der Waals surface area contributed by atoms with Crippen molar-refractivity contribution in [1.82, 2.24) is 9.47 Å². The molecule has 0 amide bonds. The largest absolute Gasteiger partial charge is 0.390 e. The second-order valence-corrected chi connectivity index (χ2v) is 10.5. The quantitative estimate of drug-likeness (QED) is 0.473. The Balaban J connectivity index is 1.42. The lowest BCUT2D eigenvalue weighted by Gasteiger charge is -2.50. The van der Waals surface area contributed by atoms with Gasteiger partial charge >= 0.3 is 0 Å². The number of nitro benzene ring substituents is 1. The summed E-state index contributed by atoms with van der Waals surface area (Å²) in [5.41, 5.74) is 2.69. The van der Waals surface area contributed by atoms with Gasteiger partial charge in [0, 0.05) is 53.6 Å². The van der Waals surface area contributed by atoms with Gasteiger partial charge in [-0.1, -0.05) is 39.0 Å². The second kappa shape index (κ2) is 7.04. The SMILES string of the molecule is CC12CCC(CN(CC(O)Cn3c4ccccc4c4cc([N+](=O)[O-])ccc43)C1)C2(C)C. The number of fused-ring (bicyclic) bond motifs is 5. The standard InChI is InChI=1S/C25H31N3O3/c1-24(2)17-10-11-25(24,3)16-26(13-17)14-19(29)15-27-22-7-5-4-6-20(22)21-12-18(28(30)31)8-9-23(21)27/h4-9,12,17,19,29H,10-11,13-16H2,1-3H3. The maximum atomic E-state index is 11.3. The van der Waals surface area contributed by atoms with Gasteiger partial charge in [0.15, 0.2) is 0 Å². The molecule has 1 aliphatic carbocycles. The van der Waals surface area contributed by atoms with Crippen molar-refractivity contribution in [2.24, 2.45) is 16.7 Å². The lowest BCUT2D eigenvalue weighted by atomic mass is 9.63. The molecule has 2 bridgehead atoms. The highest BCUT2D eigenvalue weighted by Crippen LogP contribution is 2.58. The van der Waals surface area contributed by atoms with E-state index in [0.717, 1.165) is 34.9 Å². The molecule has 0 spiro atoms. The number of aromatic nitrogens is 1. The monoisotopic (exact) mass is 421 g/mol. The van der Waals surface area contributed by atoms with Gasteiger partial charge in [0.25, 0.3) is 5.69 Å². The van der Waals surface area contributed by atoms with Gasteiger partial charge in [-0.2, -0.15) is 0 Å². The number of rotatable bonds is 5. The molecule has 3 unspecified atom stereocenters. The summed E-state index contributed by atoms with van der Waals surface area (Å²) in [5, 5.41) is 24.2. The number of β-amino-alcohol motifs (C(OH)–C–C–N with tert-alkyl or cyclic N) is 1. The molecule has 1 saturated carbocycles. The van der Waals surface area contributed by atoms with E-state index in [0.29, 0.717) is 29.8 Å². The lowest BCUT2D eigenvalue weighted by Crippen LogP contribution is -2.53. The van der Waals surface area contributed by atoms with Crippen molar-refractivity contribution in [3.63, 3.8) is 0 Å². The zero-order valence-electron chi connectivity index (χ0n) is 18.5. The fraction of sp³-hybridized carbons (Fsp3) is 0.520. The number of aliphatic hydroxyl groups excluding tert-OH is 1. The average molecular weight is 422 g/mol. The molecule has 2 fully saturated rings. The van der Waals surface area contributed by atoms with Crippen LogP contribution in [0.25, 0.3) is 21.8 Å². The zero-order valence-corrected chi connectivity index (χ0v) is 18.5. The van der Waals surface area contributed by atoms with E-state index in [1.807, 2.05) is 30.3 Å². The maximum absolute atomic E-state index is 11.3. The predicted molar refractivity (Wildman–Crippen MR) is 123 cm³/mol. The van der Waals surface area contributed by atoms with Crippen LogP contribution in [0.5, 0.6) is 0 Å². The summed E-state index contributed by atoms with van der Waals surface area (Å²) in [7, 11) is 0. The van der Waals surface area contributed by atoms with Gasteiger partial charge in [-0.3, -0.25) is 15.0 Å². The highest BCUT2D eigenvalue weighted by atomic mass is 16.6. The molecule has 1 aromatic heterocycles. The summed E-state index contributed by atoms with van der Waals surface area (Å²) < 4.78 is 2.11. The Morgan fingerprint density at radius 2 is 1.87 bits per heavy atom. The molecule has 1 aliphatic heterocycles.